The van der Waals surface area contributed by atoms with Gasteiger partial charge in [0.25, 0.3) is 11.6 Å². The first-order chi connectivity index (χ1) is 9.54. The Labute approximate surface area is 122 Å². The number of hydrogen-bond acceptors (Lipinski definition) is 4. The van der Waals surface area contributed by atoms with E-state index >= 15 is 0 Å². The highest BCUT2D eigenvalue weighted by molar-refractivity contribution is 5.98. The molecule has 0 fully saturated rings. The van der Waals surface area contributed by atoms with Crippen molar-refractivity contribution in [2.24, 2.45) is 5.41 Å². The molecule has 0 aliphatic rings. The second-order valence-corrected chi connectivity index (χ2v) is 5.87. The summed E-state index contributed by atoms with van der Waals surface area (Å²) in [6, 6.07) is 2.81. The van der Waals surface area contributed by atoms with E-state index < -0.39 is 28.3 Å². The molecule has 1 rings (SSSR count). The average Bonchev–Trinajstić information content (AvgIpc) is 2.33. The van der Waals surface area contributed by atoms with Gasteiger partial charge in [-0.25, -0.2) is 4.79 Å². The van der Waals surface area contributed by atoms with Crippen LogP contribution in [0.1, 0.15) is 36.7 Å². The number of carboxylic acid groups (broad SMARTS) is 1. The van der Waals surface area contributed by atoms with Crippen molar-refractivity contribution in [3.63, 3.8) is 0 Å². The fourth-order valence-corrected chi connectivity index (χ4v) is 1.83. The summed E-state index contributed by atoms with van der Waals surface area (Å²) in [6.45, 7) is 6.69. The van der Waals surface area contributed by atoms with Gasteiger partial charge in [0, 0.05) is 17.7 Å². The van der Waals surface area contributed by atoms with Gasteiger partial charge >= 0.3 is 5.97 Å². The molecule has 1 atom stereocenters. The summed E-state index contributed by atoms with van der Waals surface area (Å²) >= 11 is 0. The van der Waals surface area contributed by atoms with Crippen molar-refractivity contribution in [3.8, 4) is 0 Å². The van der Waals surface area contributed by atoms with Crippen LogP contribution in [0.3, 0.4) is 0 Å². The molecule has 0 heterocycles. The number of carbonyl (C=O) groups excluding carboxylic acids is 1. The van der Waals surface area contributed by atoms with Gasteiger partial charge in [-0.05, 0) is 17.9 Å². The van der Waals surface area contributed by atoms with Crippen LogP contribution in [0.5, 0.6) is 0 Å². The van der Waals surface area contributed by atoms with E-state index in [1.165, 1.54) is 12.1 Å². The molecule has 0 unspecified atom stereocenters. The SMILES string of the molecule is Cc1ccc([N+](=O)[O-])cc1C(=O)N[C@@H](C(=O)O)C(C)(C)C. The van der Waals surface area contributed by atoms with E-state index in [1.54, 1.807) is 27.7 Å². The van der Waals surface area contributed by atoms with Crippen LogP contribution in [0, 0.1) is 22.5 Å². The lowest BCUT2D eigenvalue weighted by atomic mass is 9.86. The summed E-state index contributed by atoms with van der Waals surface area (Å²) in [4.78, 5) is 33.6. The maximum atomic E-state index is 12.2. The first kappa shape index (κ1) is 16.6. The lowest BCUT2D eigenvalue weighted by Crippen LogP contribution is -2.49. The van der Waals surface area contributed by atoms with E-state index in [9.17, 15) is 24.8 Å². The lowest BCUT2D eigenvalue weighted by Gasteiger charge is -2.27. The van der Waals surface area contributed by atoms with Gasteiger partial charge in [0.2, 0.25) is 0 Å². The Hall–Kier alpha value is -2.44. The van der Waals surface area contributed by atoms with Gasteiger partial charge in [-0.15, -0.1) is 0 Å². The van der Waals surface area contributed by atoms with Crippen molar-refractivity contribution in [1.29, 1.82) is 0 Å². The molecule has 1 amide bonds. The lowest BCUT2D eigenvalue weighted by molar-refractivity contribution is -0.384. The number of aliphatic carboxylic acids is 1. The van der Waals surface area contributed by atoms with Gasteiger partial charge in [0.1, 0.15) is 6.04 Å². The Morgan fingerprint density at radius 1 is 1.33 bits per heavy atom. The van der Waals surface area contributed by atoms with Crippen molar-refractivity contribution in [3.05, 3.63) is 39.4 Å². The molecule has 1 aromatic carbocycles. The van der Waals surface area contributed by atoms with Crippen LogP contribution in [0.4, 0.5) is 5.69 Å². The summed E-state index contributed by atoms with van der Waals surface area (Å²) in [6.07, 6.45) is 0. The monoisotopic (exact) mass is 294 g/mol. The van der Waals surface area contributed by atoms with Crippen molar-refractivity contribution in [2.45, 2.75) is 33.7 Å². The second-order valence-electron chi connectivity index (χ2n) is 5.87. The molecular weight excluding hydrogens is 276 g/mol. The van der Waals surface area contributed by atoms with Gasteiger partial charge in [0.05, 0.1) is 4.92 Å². The third kappa shape index (κ3) is 4.01. The van der Waals surface area contributed by atoms with Crippen LogP contribution in [0.2, 0.25) is 0 Å². The summed E-state index contributed by atoms with van der Waals surface area (Å²) < 4.78 is 0. The van der Waals surface area contributed by atoms with Crippen LogP contribution in [0.25, 0.3) is 0 Å². The van der Waals surface area contributed by atoms with Crippen LogP contribution in [-0.2, 0) is 4.79 Å². The van der Waals surface area contributed by atoms with Crippen molar-refractivity contribution >= 4 is 17.6 Å². The fraction of sp³-hybridized carbons (Fsp3) is 0.429. The predicted octanol–water partition coefficient (Wildman–Crippen LogP) is 2.13. The number of amides is 1. The van der Waals surface area contributed by atoms with E-state index in [0.29, 0.717) is 5.56 Å². The minimum atomic E-state index is -1.15. The maximum Gasteiger partial charge on any atom is 0.326 e. The van der Waals surface area contributed by atoms with E-state index in [1.807, 2.05) is 0 Å². The maximum absolute atomic E-state index is 12.2. The molecule has 7 heteroatoms. The fourth-order valence-electron chi connectivity index (χ4n) is 1.83. The minimum Gasteiger partial charge on any atom is -0.480 e. The number of nitro benzene ring substituents is 1. The first-order valence-corrected chi connectivity index (χ1v) is 6.32. The smallest absolute Gasteiger partial charge is 0.326 e. The molecule has 0 radical (unpaired) electrons. The number of hydrogen-bond donors (Lipinski definition) is 2. The predicted molar refractivity (Wildman–Crippen MR) is 76.2 cm³/mol. The highest BCUT2D eigenvalue weighted by Crippen LogP contribution is 2.22. The zero-order valence-corrected chi connectivity index (χ0v) is 12.3. The number of carboxylic acids is 1. The molecule has 7 nitrogen and oxygen atoms in total. The largest absolute Gasteiger partial charge is 0.480 e. The molecule has 2 N–H and O–H groups in total. The molecule has 114 valence electrons. The molecule has 0 saturated carbocycles. The Kier molecular flexibility index (Phi) is 4.67. The second kappa shape index (κ2) is 5.90. The van der Waals surface area contributed by atoms with Gasteiger partial charge in [-0.2, -0.15) is 0 Å². The molecule has 0 spiro atoms. The number of benzene rings is 1. The summed E-state index contributed by atoms with van der Waals surface area (Å²) in [7, 11) is 0. The Morgan fingerprint density at radius 3 is 2.33 bits per heavy atom. The highest BCUT2D eigenvalue weighted by atomic mass is 16.6. The van der Waals surface area contributed by atoms with Gasteiger partial charge in [-0.3, -0.25) is 14.9 Å². The molecule has 0 saturated heterocycles. The van der Waals surface area contributed by atoms with Crippen LogP contribution in [0.15, 0.2) is 18.2 Å². The number of nitrogens with one attached hydrogen (secondary N) is 1. The summed E-state index contributed by atoms with van der Waals surface area (Å²) in [5.41, 5.74) is -0.264. The van der Waals surface area contributed by atoms with Gasteiger partial charge in [-0.1, -0.05) is 26.8 Å². The standard InChI is InChI=1S/C14H18N2O5/c1-8-5-6-9(16(20)21)7-10(8)12(17)15-11(13(18)19)14(2,3)4/h5-7,11H,1-4H3,(H,15,17)(H,18,19)/t11-/m0/s1. The number of rotatable bonds is 4. The van der Waals surface area contributed by atoms with E-state index in [-0.39, 0.29) is 11.3 Å². The van der Waals surface area contributed by atoms with Crippen LogP contribution < -0.4 is 5.32 Å². The van der Waals surface area contributed by atoms with Crippen molar-refractivity contribution < 1.29 is 19.6 Å². The van der Waals surface area contributed by atoms with Crippen molar-refractivity contribution in [1.82, 2.24) is 5.32 Å². The highest BCUT2D eigenvalue weighted by Gasteiger charge is 2.33. The zero-order chi connectivity index (χ0) is 16.4. The third-order valence-corrected chi connectivity index (χ3v) is 3.07. The molecule has 21 heavy (non-hydrogen) atoms. The number of non-ortho nitro benzene ring substituents is 1. The number of nitrogens with zero attached hydrogens (tertiary/aromatic N) is 1. The molecule has 0 aromatic heterocycles. The molecular formula is C14H18N2O5. The quantitative estimate of drug-likeness (QED) is 0.653. The number of aryl methyl sites for hydroxylation is 1. The van der Waals surface area contributed by atoms with Crippen LogP contribution in [-0.4, -0.2) is 27.9 Å². The van der Waals surface area contributed by atoms with E-state index in [4.69, 9.17) is 0 Å². The topological polar surface area (TPSA) is 110 Å². The summed E-state index contributed by atoms with van der Waals surface area (Å²) in [5, 5.41) is 22.4. The molecule has 0 aliphatic carbocycles. The van der Waals surface area contributed by atoms with Crippen LogP contribution >= 0.6 is 0 Å². The van der Waals surface area contributed by atoms with Gasteiger partial charge < -0.3 is 10.4 Å². The molecule has 0 bridgehead atoms. The number of carbonyl (C=O) groups is 2. The third-order valence-electron chi connectivity index (χ3n) is 3.07. The number of nitro groups is 1. The Bertz CT molecular complexity index is 590. The first-order valence-electron chi connectivity index (χ1n) is 6.32. The zero-order valence-electron chi connectivity index (χ0n) is 12.3. The summed E-state index contributed by atoms with van der Waals surface area (Å²) in [5.74, 6) is -1.79. The molecule has 0 aliphatic heterocycles. The van der Waals surface area contributed by atoms with Gasteiger partial charge in [0.15, 0.2) is 0 Å². The Morgan fingerprint density at radius 2 is 1.90 bits per heavy atom. The molecule has 1 aromatic rings. The van der Waals surface area contributed by atoms with E-state index in [0.717, 1.165) is 6.07 Å². The normalized spacial score (nSPS) is 12.6. The van der Waals surface area contributed by atoms with E-state index in [2.05, 4.69) is 5.32 Å². The minimum absolute atomic E-state index is 0.0969. The average molecular weight is 294 g/mol. The Balaban J connectivity index is 3.11. The van der Waals surface area contributed by atoms with Crippen molar-refractivity contribution in [2.75, 3.05) is 0 Å².